The summed E-state index contributed by atoms with van der Waals surface area (Å²) in [6.45, 7) is 2.78. The maximum atomic E-state index is 12.3. The third-order valence-electron chi connectivity index (χ3n) is 3.18. The molecule has 0 aliphatic carbocycles. The second-order valence-electron chi connectivity index (χ2n) is 5.17. The molecule has 0 aromatic heterocycles. The van der Waals surface area contributed by atoms with Crippen LogP contribution in [0.5, 0.6) is 5.75 Å². The van der Waals surface area contributed by atoms with E-state index in [1.807, 2.05) is 37.3 Å². The summed E-state index contributed by atoms with van der Waals surface area (Å²) in [6, 6.07) is 14.9. The number of benzene rings is 2. The molecule has 0 aliphatic rings. The lowest BCUT2D eigenvalue weighted by molar-refractivity contribution is -0.115. The highest BCUT2D eigenvalue weighted by molar-refractivity contribution is 8.00. The van der Waals surface area contributed by atoms with Crippen LogP contribution in [0.4, 0.5) is 0 Å². The average molecular weight is 344 g/mol. The van der Waals surface area contributed by atoms with Crippen LogP contribution < -0.4 is 15.8 Å². The Morgan fingerprint density at radius 3 is 2.54 bits per heavy atom. The van der Waals surface area contributed by atoms with Crippen molar-refractivity contribution in [2.24, 2.45) is 5.73 Å². The van der Waals surface area contributed by atoms with Crippen LogP contribution in [-0.2, 0) is 4.79 Å². The molecule has 24 heavy (non-hydrogen) atoms. The first-order chi connectivity index (χ1) is 11.6. The van der Waals surface area contributed by atoms with Crippen molar-refractivity contribution < 1.29 is 14.3 Å². The van der Waals surface area contributed by atoms with Crippen LogP contribution in [0.15, 0.2) is 53.4 Å². The predicted molar refractivity (Wildman–Crippen MR) is 95.4 cm³/mol. The van der Waals surface area contributed by atoms with Gasteiger partial charge in [0.1, 0.15) is 12.4 Å². The molecule has 3 N–H and O–H groups in total. The first kappa shape index (κ1) is 17.9. The van der Waals surface area contributed by atoms with Crippen LogP contribution in [0.3, 0.4) is 0 Å². The summed E-state index contributed by atoms with van der Waals surface area (Å²) in [5.41, 5.74) is 6.85. The summed E-state index contributed by atoms with van der Waals surface area (Å²) < 4.78 is 5.58. The summed E-state index contributed by atoms with van der Waals surface area (Å²) >= 11 is 1.25. The second-order valence-corrected chi connectivity index (χ2v) is 6.19. The van der Waals surface area contributed by atoms with Crippen LogP contribution >= 0.6 is 11.8 Å². The molecule has 0 aliphatic heterocycles. The maximum Gasteiger partial charge on any atom is 0.252 e. The number of rotatable bonds is 8. The quantitative estimate of drug-likeness (QED) is 0.569. The Labute approximate surface area is 145 Å². The van der Waals surface area contributed by atoms with Crippen molar-refractivity contribution in [3.8, 4) is 5.75 Å². The van der Waals surface area contributed by atoms with Gasteiger partial charge in [0, 0.05) is 4.90 Å². The van der Waals surface area contributed by atoms with E-state index in [0.29, 0.717) is 18.7 Å². The predicted octanol–water partition coefficient (Wildman–Crippen LogP) is 2.38. The van der Waals surface area contributed by atoms with Crippen molar-refractivity contribution in [1.29, 1.82) is 0 Å². The Bertz CT molecular complexity index is 702. The fraction of sp³-hybridized carbons (Fsp3) is 0.222. The zero-order chi connectivity index (χ0) is 17.4. The number of thioether (sulfide) groups is 1. The van der Waals surface area contributed by atoms with Crippen molar-refractivity contribution in [3.05, 3.63) is 59.7 Å². The molecule has 2 rings (SSSR count). The van der Waals surface area contributed by atoms with E-state index in [1.54, 1.807) is 18.2 Å². The zero-order valence-electron chi connectivity index (χ0n) is 13.5. The minimum Gasteiger partial charge on any atom is -0.492 e. The SMILES string of the molecule is Cc1ccc(OCCNC(=O)c2ccccc2SCC(N)=O)cc1. The molecule has 2 aromatic carbocycles. The number of ether oxygens (including phenoxy) is 1. The van der Waals surface area contributed by atoms with Gasteiger partial charge in [0.15, 0.2) is 0 Å². The minimum absolute atomic E-state index is 0.140. The molecule has 0 bridgehead atoms. The number of amides is 2. The van der Waals surface area contributed by atoms with Gasteiger partial charge in [-0.15, -0.1) is 11.8 Å². The smallest absolute Gasteiger partial charge is 0.252 e. The Morgan fingerprint density at radius 1 is 1.12 bits per heavy atom. The standard InChI is InChI=1S/C18H20N2O3S/c1-13-6-8-14(9-7-13)23-11-10-20-18(22)15-4-2-3-5-16(15)24-12-17(19)21/h2-9H,10-12H2,1H3,(H2,19,21)(H,20,22). The highest BCUT2D eigenvalue weighted by Gasteiger charge is 2.11. The largest absolute Gasteiger partial charge is 0.492 e. The summed E-state index contributed by atoms with van der Waals surface area (Å²) in [4.78, 5) is 23.9. The van der Waals surface area contributed by atoms with E-state index in [9.17, 15) is 9.59 Å². The number of hydrogen-bond acceptors (Lipinski definition) is 4. The fourth-order valence-corrected chi connectivity index (χ4v) is 2.78. The van der Waals surface area contributed by atoms with Crippen molar-refractivity contribution in [3.63, 3.8) is 0 Å². The molecule has 5 nitrogen and oxygen atoms in total. The zero-order valence-corrected chi connectivity index (χ0v) is 14.3. The van der Waals surface area contributed by atoms with Gasteiger partial charge in [0.2, 0.25) is 5.91 Å². The van der Waals surface area contributed by atoms with Gasteiger partial charge < -0.3 is 15.8 Å². The van der Waals surface area contributed by atoms with Crippen LogP contribution in [0, 0.1) is 6.92 Å². The average Bonchev–Trinajstić information content (AvgIpc) is 2.58. The van der Waals surface area contributed by atoms with Crippen molar-refractivity contribution in [2.45, 2.75) is 11.8 Å². The molecular formula is C18H20N2O3S. The molecule has 0 unspecified atom stereocenters. The molecule has 6 heteroatoms. The van der Waals surface area contributed by atoms with E-state index in [-0.39, 0.29) is 11.7 Å². The number of aryl methyl sites for hydroxylation is 1. The van der Waals surface area contributed by atoms with Crippen molar-refractivity contribution in [1.82, 2.24) is 5.32 Å². The van der Waals surface area contributed by atoms with Gasteiger partial charge in [0.05, 0.1) is 17.9 Å². The van der Waals surface area contributed by atoms with Gasteiger partial charge in [-0.3, -0.25) is 9.59 Å². The van der Waals surface area contributed by atoms with E-state index >= 15 is 0 Å². The number of nitrogens with one attached hydrogen (secondary N) is 1. The fourth-order valence-electron chi connectivity index (χ4n) is 1.99. The molecule has 0 saturated carbocycles. The Morgan fingerprint density at radius 2 is 1.83 bits per heavy atom. The molecule has 0 heterocycles. The van der Waals surface area contributed by atoms with Crippen LogP contribution in [-0.4, -0.2) is 30.7 Å². The van der Waals surface area contributed by atoms with Gasteiger partial charge in [-0.05, 0) is 31.2 Å². The lowest BCUT2D eigenvalue weighted by Gasteiger charge is -2.10. The van der Waals surface area contributed by atoms with Crippen molar-refractivity contribution >= 4 is 23.6 Å². The summed E-state index contributed by atoms with van der Waals surface area (Å²) in [6.07, 6.45) is 0. The molecular weight excluding hydrogens is 324 g/mol. The second kappa shape index (κ2) is 8.98. The summed E-state index contributed by atoms with van der Waals surface area (Å²) in [5.74, 6) is 0.296. The molecule has 2 amide bonds. The Hall–Kier alpha value is -2.47. The monoisotopic (exact) mass is 344 g/mol. The van der Waals surface area contributed by atoms with Crippen LogP contribution in [0.1, 0.15) is 15.9 Å². The van der Waals surface area contributed by atoms with E-state index in [1.165, 1.54) is 17.3 Å². The van der Waals surface area contributed by atoms with E-state index in [2.05, 4.69) is 5.32 Å². The number of nitrogens with two attached hydrogens (primary N) is 1. The normalized spacial score (nSPS) is 10.2. The highest BCUT2D eigenvalue weighted by atomic mass is 32.2. The van der Waals surface area contributed by atoms with Gasteiger partial charge >= 0.3 is 0 Å². The maximum absolute atomic E-state index is 12.3. The Balaban J connectivity index is 1.84. The van der Waals surface area contributed by atoms with E-state index in [0.717, 1.165) is 10.6 Å². The molecule has 0 atom stereocenters. The summed E-state index contributed by atoms with van der Waals surface area (Å²) in [5, 5.41) is 2.82. The van der Waals surface area contributed by atoms with Gasteiger partial charge in [-0.1, -0.05) is 29.8 Å². The number of primary amides is 1. The van der Waals surface area contributed by atoms with Gasteiger partial charge in [-0.2, -0.15) is 0 Å². The van der Waals surface area contributed by atoms with Gasteiger partial charge in [-0.25, -0.2) is 0 Å². The molecule has 0 radical (unpaired) electrons. The van der Waals surface area contributed by atoms with Gasteiger partial charge in [0.25, 0.3) is 5.91 Å². The lowest BCUT2D eigenvalue weighted by atomic mass is 10.2. The topological polar surface area (TPSA) is 81.4 Å². The lowest BCUT2D eigenvalue weighted by Crippen LogP contribution is -2.28. The number of carbonyl (C=O) groups is 2. The summed E-state index contributed by atoms with van der Waals surface area (Å²) in [7, 11) is 0. The highest BCUT2D eigenvalue weighted by Crippen LogP contribution is 2.22. The molecule has 2 aromatic rings. The first-order valence-corrected chi connectivity index (χ1v) is 8.52. The number of hydrogen-bond donors (Lipinski definition) is 2. The number of carbonyl (C=O) groups excluding carboxylic acids is 2. The minimum atomic E-state index is -0.415. The third-order valence-corrected chi connectivity index (χ3v) is 4.27. The molecule has 126 valence electrons. The van der Waals surface area contributed by atoms with E-state index in [4.69, 9.17) is 10.5 Å². The third kappa shape index (κ3) is 5.62. The Kier molecular flexibility index (Phi) is 6.69. The molecule has 0 fully saturated rings. The molecule has 0 spiro atoms. The van der Waals surface area contributed by atoms with Crippen molar-refractivity contribution in [2.75, 3.05) is 18.9 Å². The van der Waals surface area contributed by atoms with Crippen LogP contribution in [0.2, 0.25) is 0 Å². The van der Waals surface area contributed by atoms with E-state index < -0.39 is 5.91 Å². The molecule has 0 saturated heterocycles. The van der Waals surface area contributed by atoms with Crippen LogP contribution in [0.25, 0.3) is 0 Å². The first-order valence-electron chi connectivity index (χ1n) is 7.54.